The molecular formula is C14H18NO2. The highest BCUT2D eigenvalue weighted by atomic mass is 16.6. The van der Waals surface area contributed by atoms with Crippen molar-refractivity contribution in [3.05, 3.63) is 41.8 Å². The summed E-state index contributed by atoms with van der Waals surface area (Å²) in [5.41, 5.74) is 2.03. The molecule has 1 aliphatic carbocycles. The van der Waals surface area contributed by atoms with Crippen LogP contribution in [0, 0.1) is 6.42 Å². The molecule has 2 rings (SSSR count). The third kappa shape index (κ3) is 3.22. The maximum Gasteiger partial charge on any atom is 0.407 e. The molecule has 0 fully saturated rings. The molecule has 0 saturated heterocycles. The number of carbonyl (C=O) groups excluding carboxylic acids is 1. The van der Waals surface area contributed by atoms with Crippen LogP contribution >= 0.6 is 0 Å². The van der Waals surface area contributed by atoms with Crippen LogP contribution < -0.4 is 5.32 Å². The quantitative estimate of drug-likeness (QED) is 0.808. The highest BCUT2D eigenvalue weighted by Gasteiger charge is 2.25. The molecular weight excluding hydrogens is 214 g/mol. The zero-order chi connectivity index (χ0) is 12.5. The van der Waals surface area contributed by atoms with Gasteiger partial charge in [-0.15, -0.1) is 0 Å². The Morgan fingerprint density at radius 1 is 1.35 bits per heavy atom. The van der Waals surface area contributed by atoms with Gasteiger partial charge in [-0.1, -0.05) is 24.3 Å². The van der Waals surface area contributed by atoms with E-state index >= 15 is 0 Å². The maximum atomic E-state index is 11.6. The van der Waals surface area contributed by atoms with Gasteiger partial charge in [-0.3, -0.25) is 0 Å². The summed E-state index contributed by atoms with van der Waals surface area (Å²) in [5, 5.41) is 2.87. The lowest BCUT2D eigenvalue weighted by Gasteiger charge is -2.21. The Labute approximate surface area is 102 Å². The van der Waals surface area contributed by atoms with E-state index in [1.807, 2.05) is 32.9 Å². The first kappa shape index (κ1) is 12.0. The van der Waals surface area contributed by atoms with E-state index in [-0.39, 0.29) is 12.1 Å². The van der Waals surface area contributed by atoms with Gasteiger partial charge in [0.1, 0.15) is 5.60 Å². The SMILES string of the molecule is CC(C)(C)OC(=O)NC1[CH]c2ccccc2C1. The molecule has 0 aliphatic heterocycles. The largest absolute Gasteiger partial charge is 0.444 e. The molecule has 91 valence electrons. The van der Waals surface area contributed by atoms with Gasteiger partial charge in [-0.05, 0) is 38.3 Å². The number of amides is 1. The van der Waals surface area contributed by atoms with Crippen LogP contribution in [0.2, 0.25) is 0 Å². The Kier molecular flexibility index (Phi) is 3.09. The van der Waals surface area contributed by atoms with Gasteiger partial charge < -0.3 is 10.1 Å². The van der Waals surface area contributed by atoms with Crippen LogP contribution in [0.5, 0.6) is 0 Å². The Bertz CT molecular complexity index is 395. The fraction of sp³-hybridized carbons (Fsp3) is 0.429. The second-order valence-electron chi connectivity index (χ2n) is 5.32. The minimum atomic E-state index is -0.449. The smallest absolute Gasteiger partial charge is 0.407 e. The van der Waals surface area contributed by atoms with E-state index in [0.717, 1.165) is 6.42 Å². The number of benzene rings is 1. The van der Waals surface area contributed by atoms with Crippen molar-refractivity contribution in [2.75, 3.05) is 0 Å². The molecule has 3 nitrogen and oxygen atoms in total. The third-order valence-corrected chi connectivity index (χ3v) is 2.58. The van der Waals surface area contributed by atoms with Gasteiger partial charge in [0, 0.05) is 12.5 Å². The first-order valence-electron chi connectivity index (χ1n) is 5.86. The normalized spacial score (nSPS) is 15.5. The standard InChI is InChI=1S/C14H18NO2/c1-14(2,3)17-13(16)15-12-8-10-6-4-5-7-11(10)9-12/h4-8,12H,9H2,1-3H3,(H,15,16). The number of carbonyl (C=O) groups is 1. The summed E-state index contributed by atoms with van der Waals surface area (Å²) in [6.07, 6.45) is 2.56. The van der Waals surface area contributed by atoms with Crippen molar-refractivity contribution < 1.29 is 9.53 Å². The number of fused-ring (bicyclic) bond motifs is 1. The van der Waals surface area contributed by atoms with E-state index in [4.69, 9.17) is 4.74 Å². The van der Waals surface area contributed by atoms with E-state index in [1.54, 1.807) is 0 Å². The molecule has 1 aliphatic rings. The van der Waals surface area contributed by atoms with Crippen LogP contribution in [0.4, 0.5) is 4.79 Å². The lowest BCUT2D eigenvalue weighted by atomic mass is 10.1. The van der Waals surface area contributed by atoms with Crippen molar-refractivity contribution >= 4 is 6.09 Å². The second kappa shape index (κ2) is 4.40. The van der Waals surface area contributed by atoms with E-state index < -0.39 is 5.60 Å². The van der Waals surface area contributed by atoms with Crippen LogP contribution in [0.15, 0.2) is 24.3 Å². The highest BCUT2D eigenvalue weighted by molar-refractivity contribution is 5.69. The molecule has 1 atom stereocenters. The molecule has 17 heavy (non-hydrogen) atoms. The first-order chi connectivity index (χ1) is 7.94. The zero-order valence-corrected chi connectivity index (χ0v) is 10.5. The minimum absolute atomic E-state index is 0.0437. The molecule has 0 bridgehead atoms. The molecule has 0 spiro atoms. The van der Waals surface area contributed by atoms with Crippen molar-refractivity contribution in [1.82, 2.24) is 5.32 Å². The minimum Gasteiger partial charge on any atom is -0.444 e. The molecule has 3 heteroatoms. The van der Waals surface area contributed by atoms with Gasteiger partial charge in [-0.25, -0.2) is 4.79 Å². The fourth-order valence-corrected chi connectivity index (χ4v) is 1.95. The van der Waals surface area contributed by atoms with Crippen LogP contribution in [-0.2, 0) is 11.2 Å². The lowest BCUT2D eigenvalue weighted by Crippen LogP contribution is -2.38. The molecule has 0 aromatic heterocycles. The monoisotopic (exact) mass is 232 g/mol. The predicted molar refractivity (Wildman–Crippen MR) is 66.7 cm³/mol. The molecule has 1 aromatic rings. The van der Waals surface area contributed by atoms with E-state index in [9.17, 15) is 4.79 Å². The molecule has 1 unspecified atom stereocenters. The summed E-state index contributed by atoms with van der Waals surface area (Å²) < 4.78 is 5.23. The Balaban J connectivity index is 1.90. The summed E-state index contributed by atoms with van der Waals surface area (Å²) in [6, 6.07) is 8.21. The number of nitrogens with one attached hydrogen (secondary N) is 1. The fourth-order valence-electron chi connectivity index (χ4n) is 1.95. The predicted octanol–water partition coefficient (Wildman–Crippen LogP) is 2.69. The number of alkyl carbamates (subject to hydrolysis) is 1. The average molecular weight is 232 g/mol. The van der Waals surface area contributed by atoms with Gasteiger partial charge in [0.05, 0.1) is 0 Å². The summed E-state index contributed by atoms with van der Waals surface area (Å²) in [7, 11) is 0. The van der Waals surface area contributed by atoms with Crippen LogP contribution in [0.1, 0.15) is 31.9 Å². The van der Waals surface area contributed by atoms with Crippen LogP contribution in [0.25, 0.3) is 0 Å². The highest BCUT2D eigenvalue weighted by Crippen LogP contribution is 2.23. The van der Waals surface area contributed by atoms with Gasteiger partial charge in [0.25, 0.3) is 0 Å². The Hall–Kier alpha value is -1.51. The van der Waals surface area contributed by atoms with Crippen molar-refractivity contribution in [3.63, 3.8) is 0 Å². The van der Waals surface area contributed by atoms with Crippen LogP contribution in [0.3, 0.4) is 0 Å². The first-order valence-corrected chi connectivity index (χ1v) is 5.86. The molecule has 0 saturated carbocycles. The summed E-state index contributed by atoms with van der Waals surface area (Å²) in [6.45, 7) is 5.58. The molecule has 1 N–H and O–H groups in total. The zero-order valence-electron chi connectivity index (χ0n) is 10.5. The van der Waals surface area contributed by atoms with Gasteiger partial charge >= 0.3 is 6.09 Å². The second-order valence-corrected chi connectivity index (χ2v) is 5.32. The summed E-state index contributed by atoms with van der Waals surface area (Å²) in [4.78, 5) is 11.6. The number of hydrogen-bond donors (Lipinski definition) is 1. The van der Waals surface area contributed by atoms with E-state index in [1.165, 1.54) is 11.1 Å². The number of ether oxygens (including phenoxy) is 1. The molecule has 1 amide bonds. The van der Waals surface area contributed by atoms with Crippen molar-refractivity contribution in [2.24, 2.45) is 0 Å². The number of hydrogen-bond acceptors (Lipinski definition) is 2. The topological polar surface area (TPSA) is 38.3 Å². The van der Waals surface area contributed by atoms with Crippen molar-refractivity contribution in [3.8, 4) is 0 Å². The van der Waals surface area contributed by atoms with E-state index in [2.05, 4.69) is 23.9 Å². The average Bonchev–Trinajstić information content (AvgIpc) is 2.55. The van der Waals surface area contributed by atoms with Crippen LogP contribution in [-0.4, -0.2) is 17.7 Å². The number of rotatable bonds is 1. The van der Waals surface area contributed by atoms with Gasteiger partial charge in [0.15, 0.2) is 0 Å². The molecule has 0 heterocycles. The maximum absolute atomic E-state index is 11.6. The Morgan fingerprint density at radius 3 is 2.71 bits per heavy atom. The molecule has 1 aromatic carbocycles. The van der Waals surface area contributed by atoms with Crippen molar-refractivity contribution in [1.29, 1.82) is 0 Å². The summed E-state index contributed by atoms with van der Waals surface area (Å²) in [5.74, 6) is 0. The molecule has 1 radical (unpaired) electrons. The Morgan fingerprint density at radius 2 is 2.06 bits per heavy atom. The van der Waals surface area contributed by atoms with Crippen molar-refractivity contribution in [2.45, 2.75) is 38.8 Å². The van der Waals surface area contributed by atoms with E-state index in [0.29, 0.717) is 0 Å². The lowest BCUT2D eigenvalue weighted by molar-refractivity contribution is 0.0513. The third-order valence-electron chi connectivity index (χ3n) is 2.58. The summed E-state index contributed by atoms with van der Waals surface area (Å²) >= 11 is 0. The van der Waals surface area contributed by atoms with Gasteiger partial charge in [-0.2, -0.15) is 0 Å². The van der Waals surface area contributed by atoms with Gasteiger partial charge in [0.2, 0.25) is 0 Å².